The average Bonchev–Trinajstić information content (AvgIpc) is 2.36. The van der Waals surface area contributed by atoms with Crippen LogP contribution in [0, 0.1) is 0 Å². The SMILES string of the molecule is COCCOCC(=O)NC1(CCl)CCOCC1. The number of halogens is 1. The lowest BCUT2D eigenvalue weighted by molar-refractivity contribution is -0.129. The summed E-state index contributed by atoms with van der Waals surface area (Å²) < 4.78 is 15.2. The molecule has 0 aromatic rings. The zero-order valence-electron chi connectivity index (χ0n) is 10.2. The second-order valence-electron chi connectivity index (χ2n) is 4.12. The molecular formula is C11H20ClNO4. The van der Waals surface area contributed by atoms with Gasteiger partial charge in [-0.15, -0.1) is 11.6 Å². The Kier molecular flexibility index (Phi) is 6.80. The number of methoxy groups -OCH3 is 1. The van der Waals surface area contributed by atoms with Crippen LogP contribution in [0.5, 0.6) is 0 Å². The van der Waals surface area contributed by atoms with E-state index in [1.54, 1.807) is 7.11 Å². The summed E-state index contributed by atoms with van der Waals surface area (Å²) in [5, 5.41) is 2.94. The molecule has 0 spiro atoms. The molecule has 1 heterocycles. The van der Waals surface area contributed by atoms with Gasteiger partial charge in [-0.1, -0.05) is 0 Å². The molecule has 0 unspecified atom stereocenters. The van der Waals surface area contributed by atoms with Gasteiger partial charge in [0.1, 0.15) is 6.61 Å². The predicted octanol–water partition coefficient (Wildman–Crippen LogP) is 0.554. The summed E-state index contributed by atoms with van der Waals surface area (Å²) in [5.41, 5.74) is -0.332. The number of amides is 1. The van der Waals surface area contributed by atoms with Gasteiger partial charge in [0.25, 0.3) is 0 Å². The van der Waals surface area contributed by atoms with E-state index in [0.717, 1.165) is 12.8 Å². The normalized spacial score (nSPS) is 18.9. The van der Waals surface area contributed by atoms with Crippen molar-refractivity contribution in [3.63, 3.8) is 0 Å². The molecular weight excluding hydrogens is 246 g/mol. The lowest BCUT2D eigenvalue weighted by Crippen LogP contribution is -2.54. The van der Waals surface area contributed by atoms with E-state index in [0.29, 0.717) is 32.3 Å². The van der Waals surface area contributed by atoms with Gasteiger partial charge in [0.05, 0.1) is 18.8 Å². The Morgan fingerprint density at radius 2 is 2.12 bits per heavy atom. The number of ether oxygens (including phenoxy) is 3. The zero-order chi connectivity index (χ0) is 12.6. The first-order valence-electron chi connectivity index (χ1n) is 5.74. The molecule has 6 heteroatoms. The highest BCUT2D eigenvalue weighted by molar-refractivity contribution is 6.18. The third-order valence-electron chi connectivity index (χ3n) is 2.78. The smallest absolute Gasteiger partial charge is 0.246 e. The molecule has 100 valence electrons. The van der Waals surface area contributed by atoms with E-state index in [4.69, 9.17) is 25.8 Å². The molecule has 1 amide bonds. The van der Waals surface area contributed by atoms with Crippen LogP contribution in [0.1, 0.15) is 12.8 Å². The fourth-order valence-electron chi connectivity index (χ4n) is 1.69. The van der Waals surface area contributed by atoms with Gasteiger partial charge in [-0.25, -0.2) is 0 Å². The van der Waals surface area contributed by atoms with Crippen molar-refractivity contribution in [1.82, 2.24) is 5.32 Å². The minimum Gasteiger partial charge on any atom is -0.382 e. The fourth-order valence-corrected chi connectivity index (χ4v) is 2.03. The van der Waals surface area contributed by atoms with Crippen LogP contribution in [0.2, 0.25) is 0 Å². The molecule has 17 heavy (non-hydrogen) atoms. The summed E-state index contributed by atoms with van der Waals surface area (Å²) >= 11 is 5.93. The van der Waals surface area contributed by atoms with Gasteiger partial charge in [0, 0.05) is 26.2 Å². The van der Waals surface area contributed by atoms with E-state index in [2.05, 4.69) is 5.32 Å². The predicted molar refractivity (Wildman–Crippen MR) is 64.3 cm³/mol. The lowest BCUT2D eigenvalue weighted by Gasteiger charge is -2.36. The standard InChI is InChI=1S/C11H20ClNO4/c1-15-6-7-17-8-10(14)13-11(9-12)2-4-16-5-3-11/h2-9H2,1H3,(H,13,14). The van der Waals surface area contributed by atoms with E-state index < -0.39 is 0 Å². The molecule has 1 fully saturated rings. The number of nitrogens with one attached hydrogen (secondary N) is 1. The second-order valence-corrected chi connectivity index (χ2v) is 4.39. The summed E-state index contributed by atoms with van der Waals surface area (Å²) in [4.78, 5) is 11.7. The number of carbonyl (C=O) groups excluding carboxylic acids is 1. The molecule has 1 aliphatic heterocycles. The molecule has 1 aliphatic rings. The third kappa shape index (κ3) is 5.21. The second kappa shape index (κ2) is 7.87. The first-order chi connectivity index (χ1) is 8.22. The van der Waals surface area contributed by atoms with Crippen molar-refractivity contribution >= 4 is 17.5 Å². The number of hydrogen-bond acceptors (Lipinski definition) is 4. The van der Waals surface area contributed by atoms with Crippen LogP contribution in [0.3, 0.4) is 0 Å². The minimum absolute atomic E-state index is 0.0445. The van der Waals surface area contributed by atoms with Gasteiger partial charge >= 0.3 is 0 Å². The third-order valence-corrected chi connectivity index (χ3v) is 3.29. The van der Waals surface area contributed by atoms with Crippen LogP contribution >= 0.6 is 11.6 Å². The summed E-state index contributed by atoms with van der Waals surface area (Å²) in [6.45, 7) is 2.22. The van der Waals surface area contributed by atoms with Gasteiger partial charge < -0.3 is 19.5 Å². The molecule has 1 N–H and O–H groups in total. The molecule has 1 rings (SSSR count). The summed E-state index contributed by atoms with van der Waals surface area (Å²) in [5.74, 6) is 0.267. The molecule has 0 radical (unpaired) electrons. The highest BCUT2D eigenvalue weighted by Crippen LogP contribution is 2.22. The topological polar surface area (TPSA) is 56.8 Å². The highest BCUT2D eigenvalue weighted by Gasteiger charge is 2.33. The molecule has 0 aromatic carbocycles. The van der Waals surface area contributed by atoms with Gasteiger partial charge in [-0.05, 0) is 12.8 Å². The van der Waals surface area contributed by atoms with E-state index in [9.17, 15) is 4.79 Å². The molecule has 0 saturated carbocycles. The van der Waals surface area contributed by atoms with Gasteiger partial charge in [0.15, 0.2) is 0 Å². The maximum atomic E-state index is 11.7. The Balaban J connectivity index is 2.27. The number of carbonyl (C=O) groups is 1. The Morgan fingerprint density at radius 1 is 1.41 bits per heavy atom. The Labute approximate surface area is 107 Å². The molecule has 0 bridgehead atoms. The lowest BCUT2D eigenvalue weighted by atomic mass is 9.92. The number of rotatable bonds is 7. The molecule has 0 atom stereocenters. The average molecular weight is 266 g/mol. The monoisotopic (exact) mass is 265 g/mol. The van der Waals surface area contributed by atoms with Crippen LogP contribution in [0.25, 0.3) is 0 Å². The molecule has 0 aliphatic carbocycles. The summed E-state index contributed by atoms with van der Waals surface area (Å²) in [6, 6.07) is 0. The first kappa shape index (κ1) is 14.7. The molecule has 1 saturated heterocycles. The maximum Gasteiger partial charge on any atom is 0.246 e. The van der Waals surface area contributed by atoms with Crippen molar-refractivity contribution in [1.29, 1.82) is 0 Å². The van der Waals surface area contributed by atoms with Crippen molar-refractivity contribution in [2.75, 3.05) is 46.0 Å². The van der Waals surface area contributed by atoms with Crippen LogP contribution in [0.4, 0.5) is 0 Å². The Bertz CT molecular complexity index is 232. The van der Waals surface area contributed by atoms with E-state index in [1.807, 2.05) is 0 Å². The quantitative estimate of drug-likeness (QED) is 0.540. The van der Waals surface area contributed by atoms with Crippen molar-refractivity contribution in [3.05, 3.63) is 0 Å². The molecule has 0 aromatic heterocycles. The van der Waals surface area contributed by atoms with Crippen molar-refractivity contribution in [2.45, 2.75) is 18.4 Å². The largest absolute Gasteiger partial charge is 0.382 e. The van der Waals surface area contributed by atoms with Crippen molar-refractivity contribution in [2.24, 2.45) is 0 Å². The van der Waals surface area contributed by atoms with E-state index >= 15 is 0 Å². The number of hydrogen-bond donors (Lipinski definition) is 1. The highest BCUT2D eigenvalue weighted by atomic mass is 35.5. The van der Waals surface area contributed by atoms with E-state index in [1.165, 1.54) is 0 Å². The van der Waals surface area contributed by atoms with Crippen LogP contribution in [-0.4, -0.2) is 57.5 Å². The van der Waals surface area contributed by atoms with Crippen molar-refractivity contribution in [3.8, 4) is 0 Å². The van der Waals surface area contributed by atoms with Gasteiger partial charge in [0.2, 0.25) is 5.91 Å². The Hall–Kier alpha value is -0.360. The van der Waals surface area contributed by atoms with Crippen LogP contribution < -0.4 is 5.32 Å². The first-order valence-corrected chi connectivity index (χ1v) is 6.27. The Morgan fingerprint density at radius 3 is 2.71 bits per heavy atom. The van der Waals surface area contributed by atoms with Crippen molar-refractivity contribution < 1.29 is 19.0 Å². The van der Waals surface area contributed by atoms with Crippen LogP contribution in [-0.2, 0) is 19.0 Å². The van der Waals surface area contributed by atoms with Gasteiger partial charge in [-0.2, -0.15) is 0 Å². The van der Waals surface area contributed by atoms with E-state index in [-0.39, 0.29) is 18.1 Å². The summed E-state index contributed by atoms with van der Waals surface area (Å²) in [7, 11) is 1.59. The van der Waals surface area contributed by atoms with Crippen LogP contribution in [0.15, 0.2) is 0 Å². The van der Waals surface area contributed by atoms with Gasteiger partial charge in [-0.3, -0.25) is 4.79 Å². The maximum absolute atomic E-state index is 11.7. The fraction of sp³-hybridized carbons (Fsp3) is 0.909. The zero-order valence-corrected chi connectivity index (χ0v) is 10.9. The minimum atomic E-state index is -0.332. The summed E-state index contributed by atoms with van der Waals surface area (Å²) in [6.07, 6.45) is 1.50. The molecule has 5 nitrogen and oxygen atoms in total. The number of alkyl halides is 1.